The lowest BCUT2D eigenvalue weighted by atomic mass is 10.1. The van der Waals surface area contributed by atoms with Crippen LogP contribution in [-0.2, 0) is 0 Å². The standard InChI is InChI=1S/C22H18N8O2/c1-12-2-3-14-13(9-27-29-14)20(12)32-22-19-15(25-11-26-21(19)23)8-18(28-22)30-6-7-31-17-10-24-5-4-16(17)30/h2-5,8-11H,6-7H2,1H3,(H,27,29)(H2,23,25,26). The quantitative estimate of drug-likeness (QED) is 0.445. The molecule has 0 saturated carbocycles. The van der Waals surface area contributed by atoms with E-state index in [1.54, 1.807) is 18.6 Å². The van der Waals surface area contributed by atoms with Crippen molar-refractivity contribution in [2.45, 2.75) is 6.92 Å². The van der Waals surface area contributed by atoms with Gasteiger partial charge in [0.15, 0.2) is 5.75 Å². The fourth-order valence-electron chi connectivity index (χ4n) is 3.91. The molecule has 0 bridgehead atoms. The number of pyridine rings is 2. The fourth-order valence-corrected chi connectivity index (χ4v) is 3.91. The highest BCUT2D eigenvalue weighted by Gasteiger charge is 2.24. The van der Waals surface area contributed by atoms with Crippen LogP contribution in [0.1, 0.15) is 5.56 Å². The number of aromatic nitrogens is 6. The van der Waals surface area contributed by atoms with Gasteiger partial charge in [0, 0.05) is 12.3 Å². The first kappa shape index (κ1) is 18.3. The first-order chi connectivity index (χ1) is 15.7. The first-order valence-corrected chi connectivity index (χ1v) is 10.0. The second kappa shape index (κ2) is 7.05. The summed E-state index contributed by atoms with van der Waals surface area (Å²) >= 11 is 0. The Hall–Kier alpha value is -4.47. The lowest BCUT2D eigenvalue weighted by Gasteiger charge is -2.30. The number of ether oxygens (including phenoxy) is 2. The normalized spacial score (nSPS) is 13.2. The Morgan fingerprint density at radius 3 is 3.06 bits per heavy atom. The van der Waals surface area contributed by atoms with E-state index in [-0.39, 0.29) is 0 Å². The van der Waals surface area contributed by atoms with Crippen molar-refractivity contribution >= 4 is 39.1 Å². The lowest BCUT2D eigenvalue weighted by molar-refractivity contribution is 0.312. The van der Waals surface area contributed by atoms with Crippen LogP contribution < -0.4 is 20.1 Å². The van der Waals surface area contributed by atoms with E-state index in [9.17, 15) is 0 Å². The van der Waals surface area contributed by atoms with Crippen molar-refractivity contribution in [2.75, 3.05) is 23.8 Å². The molecule has 0 spiro atoms. The molecular weight excluding hydrogens is 408 g/mol. The van der Waals surface area contributed by atoms with E-state index in [4.69, 9.17) is 20.2 Å². The molecule has 0 fully saturated rings. The monoisotopic (exact) mass is 426 g/mol. The third kappa shape index (κ3) is 2.84. The number of fused-ring (bicyclic) bond motifs is 3. The van der Waals surface area contributed by atoms with Crippen LogP contribution in [0.3, 0.4) is 0 Å². The summed E-state index contributed by atoms with van der Waals surface area (Å²) in [4.78, 5) is 19.6. The third-order valence-electron chi connectivity index (χ3n) is 5.47. The van der Waals surface area contributed by atoms with Gasteiger partial charge >= 0.3 is 0 Å². The van der Waals surface area contributed by atoms with Crippen LogP contribution in [0.4, 0.5) is 17.3 Å². The van der Waals surface area contributed by atoms with Crippen LogP contribution in [0.5, 0.6) is 17.4 Å². The summed E-state index contributed by atoms with van der Waals surface area (Å²) in [7, 11) is 0. The predicted molar refractivity (Wildman–Crippen MR) is 119 cm³/mol. The fraction of sp³-hybridized carbons (Fsp3) is 0.136. The number of nitrogen functional groups attached to an aromatic ring is 1. The van der Waals surface area contributed by atoms with E-state index in [0.29, 0.717) is 53.1 Å². The molecule has 4 aromatic heterocycles. The van der Waals surface area contributed by atoms with Gasteiger partial charge in [0.25, 0.3) is 0 Å². The highest BCUT2D eigenvalue weighted by Crippen LogP contribution is 2.40. The molecule has 0 aliphatic carbocycles. The zero-order valence-corrected chi connectivity index (χ0v) is 17.1. The van der Waals surface area contributed by atoms with Gasteiger partial charge in [-0.1, -0.05) is 6.07 Å². The number of nitrogens with one attached hydrogen (secondary N) is 1. The van der Waals surface area contributed by atoms with Crippen molar-refractivity contribution in [1.82, 2.24) is 30.1 Å². The highest BCUT2D eigenvalue weighted by atomic mass is 16.5. The molecule has 5 aromatic rings. The molecule has 10 nitrogen and oxygen atoms in total. The summed E-state index contributed by atoms with van der Waals surface area (Å²) in [6, 6.07) is 7.70. The third-order valence-corrected chi connectivity index (χ3v) is 5.47. The summed E-state index contributed by atoms with van der Waals surface area (Å²) < 4.78 is 12.1. The zero-order valence-electron chi connectivity index (χ0n) is 17.1. The van der Waals surface area contributed by atoms with Gasteiger partial charge in [-0.2, -0.15) is 10.1 Å². The van der Waals surface area contributed by atoms with Crippen molar-refractivity contribution < 1.29 is 9.47 Å². The highest BCUT2D eigenvalue weighted by molar-refractivity contribution is 5.95. The number of hydrogen-bond donors (Lipinski definition) is 2. The largest absolute Gasteiger partial charge is 0.488 e. The van der Waals surface area contributed by atoms with Crippen LogP contribution in [0.2, 0.25) is 0 Å². The molecule has 32 heavy (non-hydrogen) atoms. The number of benzene rings is 1. The van der Waals surface area contributed by atoms with Gasteiger partial charge < -0.3 is 20.1 Å². The molecule has 0 amide bonds. The second-order valence-corrected chi connectivity index (χ2v) is 7.43. The van der Waals surface area contributed by atoms with Crippen molar-refractivity contribution in [3.63, 3.8) is 0 Å². The molecule has 10 heteroatoms. The van der Waals surface area contributed by atoms with Gasteiger partial charge in [0.05, 0.1) is 41.0 Å². The Labute approximate surface area is 182 Å². The minimum absolute atomic E-state index is 0.299. The van der Waals surface area contributed by atoms with E-state index >= 15 is 0 Å². The minimum Gasteiger partial charge on any atom is -0.488 e. The summed E-state index contributed by atoms with van der Waals surface area (Å²) in [6.45, 7) is 3.10. The van der Waals surface area contributed by atoms with E-state index in [1.807, 2.05) is 31.2 Å². The number of hydrogen-bond acceptors (Lipinski definition) is 9. The maximum atomic E-state index is 6.39. The van der Waals surface area contributed by atoms with Crippen LogP contribution in [0.25, 0.3) is 21.8 Å². The van der Waals surface area contributed by atoms with Gasteiger partial charge in [-0.3, -0.25) is 10.1 Å². The average molecular weight is 426 g/mol. The number of rotatable bonds is 3. The van der Waals surface area contributed by atoms with Crippen molar-refractivity contribution in [3.8, 4) is 17.4 Å². The maximum Gasteiger partial charge on any atom is 0.234 e. The predicted octanol–water partition coefficient (Wildman–Crippen LogP) is 3.51. The number of nitrogens with two attached hydrogens (primary N) is 1. The topological polar surface area (TPSA) is 128 Å². The molecule has 1 aliphatic rings. The zero-order chi connectivity index (χ0) is 21.7. The van der Waals surface area contributed by atoms with E-state index in [0.717, 1.165) is 22.2 Å². The second-order valence-electron chi connectivity index (χ2n) is 7.43. The lowest BCUT2D eigenvalue weighted by Crippen LogP contribution is -2.29. The van der Waals surface area contributed by atoms with Crippen LogP contribution >= 0.6 is 0 Å². The molecule has 1 aliphatic heterocycles. The van der Waals surface area contributed by atoms with Gasteiger partial charge in [-0.25, -0.2) is 9.97 Å². The smallest absolute Gasteiger partial charge is 0.234 e. The Bertz CT molecular complexity index is 1480. The van der Waals surface area contributed by atoms with Crippen molar-refractivity contribution in [3.05, 3.63) is 54.7 Å². The molecule has 0 atom stereocenters. The Morgan fingerprint density at radius 2 is 2.12 bits per heavy atom. The number of aromatic amines is 1. The van der Waals surface area contributed by atoms with E-state index in [2.05, 4.69) is 30.0 Å². The number of nitrogens with zero attached hydrogens (tertiary/aromatic N) is 6. The number of anilines is 3. The Morgan fingerprint density at radius 1 is 1.19 bits per heavy atom. The molecular formula is C22H18N8O2. The summed E-state index contributed by atoms with van der Waals surface area (Å²) in [6.07, 6.45) is 6.59. The molecule has 0 radical (unpaired) electrons. The summed E-state index contributed by atoms with van der Waals surface area (Å²) in [5, 5.41) is 8.51. The molecule has 0 saturated heterocycles. The van der Waals surface area contributed by atoms with Gasteiger partial charge in [0.2, 0.25) is 5.88 Å². The number of aryl methyl sites for hydroxylation is 1. The molecule has 158 valence electrons. The van der Waals surface area contributed by atoms with Crippen molar-refractivity contribution in [2.24, 2.45) is 0 Å². The summed E-state index contributed by atoms with van der Waals surface area (Å²) in [5.74, 6) is 2.64. The Balaban J connectivity index is 1.55. The minimum atomic E-state index is 0.299. The van der Waals surface area contributed by atoms with E-state index in [1.165, 1.54) is 6.33 Å². The molecule has 5 heterocycles. The first-order valence-electron chi connectivity index (χ1n) is 10.0. The van der Waals surface area contributed by atoms with Gasteiger partial charge in [-0.15, -0.1) is 0 Å². The maximum absolute atomic E-state index is 6.39. The van der Waals surface area contributed by atoms with Gasteiger partial charge in [-0.05, 0) is 24.6 Å². The van der Waals surface area contributed by atoms with Crippen LogP contribution in [-0.4, -0.2) is 43.3 Å². The Kier molecular flexibility index (Phi) is 4.03. The molecule has 0 unspecified atom stereocenters. The molecule has 3 N–H and O–H groups in total. The SMILES string of the molecule is Cc1ccc2[nH]ncc2c1Oc1nc(N2CCOc3cnccc32)cc2ncnc(N)c12. The summed E-state index contributed by atoms with van der Waals surface area (Å²) in [5.41, 5.74) is 9.53. The van der Waals surface area contributed by atoms with E-state index < -0.39 is 0 Å². The van der Waals surface area contributed by atoms with Crippen LogP contribution in [0.15, 0.2) is 49.2 Å². The molecule has 6 rings (SSSR count). The van der Waals surface area contributed by atoms with Crippen LogP contribution in [0, 0.1) is 6.92 Å². The average Bonchev–Trinajstić information content (AvgIpc) is 3.29. The van der Waals surface area contributed by atoms with Gasteiger partial charge in [0.1, 0.15) is 35.7 Å². The molecule has 1 aromatic carbocycles. The van der Waals surface area contributed by atoms with Crippen molar-refractivity contribution in [1.29, 1.82) is 0 Å². The number of H-pyrrole nitrogens is 1.